The van der Waals surface area contributed by atoms with Gasteiger partial charge in [0.1, 0.15) is 0 Å². The van der Waals surface area contributed by atoms with Gasteiger partial charge in [0.05, 0.1) is 14.2 Å². The average molecular weight is 337 g/mol. The Bertz CT molecular complexity index is 869. The predicted molar refractivity (Wildman–Crippen MR) is 94.1 cm³/mol. The van der Waals surface area contributed by atoms with Crippen LogP contribution in [0.2, 0.25) is 0 Å². The molecule has 128 valence electrons. The lowest BCUT2D eigenvalue weighted by Crippen LogP contribution is -2.32. The first-order valence-corrected chi connectivity index (χ1v) is 7.94. The highest BCUT2D eigenvalue weighted by Gasteiger charge is 2.39. The maximum absolute atomic E-state index is 12.4. The highest BCUT2D eigenvalue weighted by Crippen LogP contribution is 2.37. The third-order valence-corrected chi connectivity index (χ3v) is 4.36. The van der Waals surface area contributed by atoms with Gasteiger partial charge in [-0.15, -0.1) is 0 Å². The average Bonchev–Trinajstić information content (AvgIpc) is 3.09. The molecule has 0 aliphatic heterocycles. The molecule has 2 aromatic carbocycles. The minimum absolute atomic E-state index is 0.516. The number of H-pyrrole nitrogens is 1. The van der Waals surface area contributed by atoms with E-state index in [0.29, 0.717) is 0 Å². The van der Waals surface area contributed by atoms with Crippen LogP contribution < -0.4 is 0 Å². The minimum atomic E-state index is -1.09. The van der Waals surface area contributed by atoms with Gasteiger partial charge in [-0.3, -0.25) is 9.59 Å². The Balaban J connectivity index is 2.22. The Kier molecular flexibility index (Phi) is 4.84. The molecule has 1 aromatic heterocycles. The molecule has 1 N–H and O–H groups in total. The van der Waals surface area contributed by atoms with E-state index in [9.17, 15) is 9.59 Å². The Morgan fingerprint density at radius 3 is 2.12 bits per heavy atom. The molecule has 1 heterocycles. The molecule has 1 atom stereocenters. The van der Waals surface area contributed by atoms with Gasteiger partial charge >= 0.3 is 11.9 Å². The van der Waals surface area contributed by atoms with Crippen molar-refractivity contribution in [2.45, 2.75) is 5.92 Å². The Hall–Kier alpha value is -3.08. The number of methoxy groups -OCH3 is 2. The summed E-state index contributed by atoms with van der Waals surface area (Å²) in [5, 5.41) is 0.953. The highest BCUT2D eigenvalue weighted by atomic mass is 16.5. The molecule has 25 heavy (non-hydrogen) atoms. The van der Waals surface area contributed by atoms with Crippen LogP contribution in [-0.2, 0) is 19.1 Å². The largest absolute Gasteiger partial charge is 0.468 e. The van der Waals surface area contributed by atoms with Gasteiger partial charge in [0.15, 0.2) is 5.92 Å². The minimum Gasteiger partial charge on any atom is -0.468 e. The van der Waals surface area contributed by atoms with Crippen LogP contribution in [0.15, 0.2) is 60.8 Å². The van der Waals surface area contributed by atoms with E-state index in [2.05, 4.69) is 4.98 Å². The van der Waals surface area contributed by atoms with Gasteiger partial charge in [-0.05, 0) is 17.2 Å². The molecule has 0 fully saturated rings. The molecule has 5 nitrogen and oxygen atoms in total. The number of carbonyl (C=O) groups excluding carboxylic acids is 2. The summed E-state index contributed by atoms with van der Waals surface area (Å²) in [4.78, 5) is 28.1. The highest BCUT2D eigenvalue weighted by molar-refractivity contribution is 5.98. The maximum atomic E-state index is 12.4. The van der Waals surface area contributed by atoms with E-state index >= 15 is 0 Å². The summed E-state index contributed by atoms with van der Waals surface area (Å²) >= 11 is 0. The van der Waals surface area contributed by atoms with E-state index < -0.39 is 23.8 Å². The number of para-hydroxylation sites is 1. The quantitative estimate of drug-likeness (QED) is 0.573. The Labute approximate surface area is 145 Å². The molecule has 0 saturated carbocycles. The molecule has 0 saturated heterocycles. The van der Waals surface area contributed by atoms with Crippen molar-refractivity contribution in [3.63, 3.8) is 0 Å². The third kappa shape index (κ3) is 3.13. The van der Waals surface area contributed by atoms with Crippen molar-refractivity contribution in [2.24, 2.45) is 5.92 Å². The fraction of sp³-hybridized carbons (Fsp3) is 0.200. The van der Waals surface area contributed by atoms with Crippen molar-refractivity contribution in [2.75, 3.05) is 14.2 Å². The number of aromatic amines is 1. The van der Waals surface area contributed by atoms with Gasteiger partial charge in [-0.1, -0.05) is 48.5 Å². The van der Waals surface area contributed by atoms with E-state index in [4.69, 9.17) is 9.47 Å². The zero-order valence-electron chi connectivity index (χ0n) is 14.1. The summed E-state index contributed by atoms with van der Waals surface area (Å²) in [6, 6.07) is 17.2. The van der Waals surface area contributed by atoms with E-state index in [1.807, 2.05) is 60.8 Å². The Morgan fingerprint density at radius 1 is 0.880 bits per heavy atom. The van der Waals surface area contributed by atoms with E-state index in [1.165, 1.54) is 14.2 Å². The molecule has 0 bridgehead atoms. The smallest absolute Gasteiger partial charge is 0.321 e. The summed E-state index contributed by atoms with van der Waals surface area (Å²) in [6.45, 7) is 0. The van der Waals surface area contributed by atoms with Crippen LogP contribution in [0.1, 0.15) is 17.0 Å². The molecule has 5 heteroatoms. The number of ether oxygens (including phenoxy) is 2. The monoisotopic (exact) mass is 337 g/mol. The van der Waals surface area contributed by atoms with Crippen LogP contribution >= 0.6 is 0 Å². The van der Waals surface area contributed by atoms with Crippen molar-refractivity contribution in [3.05, 3.63) is 71.9 Å². The topological polar surface area (TPSA) is 68.4 Å². The van der Waals surface area contributed by atoms with Gasteiger partial charge < -0.3 is 14.5 Å². The first-order valence-electron chi connectivity index (χ1n) is 7.94. The molecule has 0 unspecified atom stereocenters. The summed E-state index contributed by atoms with van der Waals surface area (Å²) in [5.74, 6) is -2.84. The SMILES string of the molecule is COC(=O)C(C(=O)OC)[C@@H](c1ccccc1)c1c[nH]c2ccccc12. The zero-order valence-corrected chi connectivity index (χ0v) is 14.1. The van der Waals surface area contributed by atoms with Gasteiger partial charge in [-0.2, -0.15) is 0 Å². The van der Waals surface area contributed by atoms with Crippen molar-refractivity contribution in [1.29, 1.82) is 0 Å². The number of benzene rings is 2. The molecular formula is C20H19NO4. The van der Waals surface area contributed by atoms with Crippen molar-refractivity contribution >= 4 is 22.8 Å². The molecular weight excluding hydrogens is 318 g/mol. The summed E-state index contributed by atoms with van der Waals surface area (Å²) < 4.78 is 9.80. The number of carbonyl (C=O) groups is 2. The molecule has 3 rings (SSSR count). The van der Waals surface area contributed by atoms with Crippen molar-refractivity contribution in [1.82, 2.24) is 4.98 Å². The second-order valence-corrected chi connectivity index (χ2v) is 5.70. The summed E-state index contributed by atoms with van der Waals surface area (Å²) in [7, 11) is 2.55. The van der Waals surface area contributed by atoms with Crippen molar-refractivity contribution < 1.29 is 19.1 Å². The number of hydrogen-bond donors (Lipinski definition) is 1. The number of nitrogens with one attached hydrogen (secondary N) is 1. The zero-order chi connectivity index (χ0) is 17.8. The number of fused-ring (bicyclic) bond motifs is 1. The standard InChI is InChI=1S/C20H19NO4/c1-24-19(22)18(20(23)25-2)17(13-8-4-3-5-9-13)15-12-21-16-11-7-6-10-14(15)16/h3-12,17-18,21H,1-2H3/t17-/m0/s1. The first kappa shape index (κ1) is 16.8. The van der Waals surface area contributed by atoms with E-state index in [0.717, 1.165) is 22.0 Å². The molecule has 0 aliphatic carbocycles. The second kappa shape index (κ2) is 7.21. The lowest BCUT2D eigenvalue weighted by Gasteiger charge is -2.23. The van der Waals surface area contributed by atoms with Crippen LogP contribution in [0.4, 0.5) is 0 Å². The lowest BCUT2D eigenvalue weighted by atomic mass is 9.80. The van der Waals surface area contributed by atoms with E-state index in [-0.39, 0.29) is 0 Å². The van der Waals surface area contributed by atoms with Crippen LogP contribution in [0.25, 0.3) is 10.9 Å². The predicted octanol–water partition coefficient (Wildman–Crippen LogP) is 3.26. The number of aromatic nitrogens is 1. The van der Waals surface area contributed by atoms with Crippen LogP contribution in [0, 0.1) is 5.92 Å². The van der Waals surface area contributed by atoms with Crippen LogP contribution in [-0.4, -0.2) is 31.1 Å². The van der Waals surface area contributed by atoms with Gasteiger partial charge in [-0.25, -0.2) is 0 Å². The summed E-state index contributed by atoms with van der Waals surface area (Å²) in [5.41, 5.74) is 2.63. The number of rotatable bonds is 5. The van der Waals surface area contributed by atoms with Crippen LogP contribution in [0.3, 0.4) is 0 Å². The van der Waals surface area contributed by atoms with Crippen LogP contribution in [0.5, 0.6) is 0 Å². The van der Waals surface area contributed by atoms with Crippen molar-refractivity contribution in [3.8, 4) is 0 Å². The summed E-state index contributed by atoms with van der Waals surface area (Å²) in [6.07, 6.45) is 1.83. The molecule has 0 spiro atoms. The maximum Gasteiger partial charge on any atom is 0.321 e. The van der Waals surface area contributed by atoms with Gasteiger partial charge in [0.2, 0.25) is 0 Å². The molecule has 0 radical (unpaired) electrons. The molecule has 3 aromatic rings. The molecule has 0 amide bonds. The fourth-order valence-corrected chi connectivity index (χ4v) is 3.19. The number of hydrogen-bond acceptors (Lipinski definition) is 4. The first-order chi connectivity index (χ1) is 12.2. The third-order valence-electron chi connectivity index (χ3n) is 4.36. The number of esters is 2. The lowest BCUT2D eigenvalue weighted by molar-refractivity contribution is -0.159. The van der Waals surface area contributed by atoms with E-state index in [1.54, 1.807) is 0 Å². The molecule has 0 aliphatic rings. The Morgan fingerprint density at radius 2 is 1.48 bits per heavy atom. The normalized spacial score (nSPS) is 12.1. The van der Waals surface area contributed by atoms with Gasteiger partial charge in [0.25, 0.3) is 0 Å². The fourth-order valence-electron chi connectivity index (χ4n) is 3.19. The van der Waals surface area contributed by atoms with Gasteiger partial charge in [0, 0.05) is 23.0 Å². The second-order valence-electron chi connectivity index (χ2n) is 5.70.